The molecule has 2 rings (SSSR count). The first-order valence-corrected chi connectivity index (χ1v) is 6.90. The number of anilines is 1. The van der Waals surface area contributed by atoms with Gasteiger partial charge in [0, 0.05) is 22.7 Å². The average Bonchev–Trinajstić information content (AvgIpc) is 2.54. The largest absolute Gasteiger partial charge is 0.493 e. The van der Waals surface area contributed by atoms with Crippen LogP contribution in [-0.4, -0.2) is 31.2 Å². The minimum atomic E-state index is -1.20. The van der Waals surface area contributed by atoms with Crippen LogP contribution in [0.1, 0.15) is 20.7 Å². The van der Waals surface area contributed by atoms with Gasteiger partial charge in [-0.1, -0.05) is 17.7 Å². The lowest BCUT2D eigenvalue weighted by atomic mass is 10.1. The number of hydrogen-bond donors (Lipinski definition) is 2. The number of methoxy groups -OCH3 is 2. The first kappa shape index (κ1) is 16.6. The minimum Gasteiger partial charge on any atom is -0.493 e. The van der Waals surface area contributed by atoms with Gasteiger partial charge in [0.25, 0.3) is 5.91 Å². The molecule has 0 aliphatic carbocycles. The first-order chi connectivity index (χ1) is 11.0. The van der Waals surface area contributed by atoms with Gasteiger partial charge in [0.05, 0.1) is 25.5 Å². The van der Waals surface area contributed by atoms with Crippen LogP contribution in [-0.2, 0) is 0 Å². The van der Waals surface area contributed by atoms with Gasteiger partial charge in [-0.2, -0.15) is 0 Å². The Kier molecular flexibility index (Phi) is 5.08. The van der Waals surface area contributed by atoms with Gasteiger partial charge in [-0.05, 0) is 18.2 Å². The number of carbonyl (C=O) groups excluding carboxylic acids is 1. The zero-order chi connectivity index (χ0) is 17.0. The number of aromatic carboxylic acids is 1. The van der Waals surface area contributed by atoms with E-state index in [0.717, 1.165) is 0 Å². The van der Waals surface area contributed by atoms with Crippen LogP contribution >= 0.6 is 11.6 Å². The first-order valence-electron chi connectivity index (χ1n) is 6.52. The van der Waals surface area contributed by atoms with E-state index in [1.807, 2.05) is 0 Å². The maximum absolute atomic E-state index is 12.3. The predicted octanol–water partition coefficient (Wildman–Crippen LogP) is 3.31. The van der Waals surface area contributed by atoms with E-state index in [-0.39, 0.29) is 17.0 Å². The number of carboxylic acid groups (broad SMARTS) is 1. The lowest BCUT2D eigenvalue weighted by Crippen LogP contribution is -2.15. The molecule has 0 unspecified atom stereocenters. The van der Waals surface area contributed by atoms with Gasteiger partial charge < -0.3 is 19.9 Å². The highest BCUT2D eigenvalue weighted by Crippen LogP contribution is 2.33. The highest BCUT2D eigenvalue weighted by Gasteiger charge is 2.18. The summed E-state index contributed by atoms with van der Waals surface area (Å²) in [5.74, 6) is -1.13. The summed E-state index contributed by atoms with van der Waals surface area (Å²) in [5.41, 5.74) is 0.293. The van der Waals surface area contributed by atoms with Crippen molar-refractivity contribution < 1.29 is 24.2 Å². The molecule has 0 bridgehead atoms. The molecule has 0 aromatic heterocycles. The van der Waals surface area contributed by atoms with Gasteiger partial charge in [0.2, 0.25) is 0 Å². The van der Waals surface area contributed by atoms with E-state index >= 15 is 0 Å². The number of carbonyl (C=O) groups is 2. The fourth-order valence-electron chi connectivity index (χ4n) is 1.98. The van der Waals surface area contributed by atoms with E-state index < -0.39 is 11.9 Å². The summed E-state index contributed by atoms with van der Waals surface area (Å²) in [5, 5.41) is 12.3. The Labute approximate surface area is 137 Å². The molecule has 120 valence electrons. The molecule has 0 aliphatic rings. The molecule has 1 amide bonds. The van der Waals surface area contributed by atoms with Crippen LogP contribution in [0.4, 0.5) is 5.69 Å². The number of rotatable bonds is 5. The normalized spacial score (nSPS) is 10.0. The van der Waals surface area contributed by atoms with Gasteiger partial charge in [0.15, 0.2) is 11.5 Å². The molecular weight excluding hydrogens is 322 g/mol. The summed E-state index contributed by atoms with van der Waals surface area (Å²) < 4.78 is 10.2. The lowest BCUT2D eigenvalue weighted by molar-refractivity contribution is 0.0697. The molecule has 0 saturated heterocycles. The number of amides is 1. The summed E-state index contributed by atoms with van der Waals surface area (Å²) in [4.78, 5) is 23.7. The van der Waals surface area contributed by atoms with E-state index in [4.69, 9.17) is 21.1 Å². The number of nitrogens with one attached hydrogen (secondary N) is 1. The summed E-state index contributed by atoms with van der Waals surface area (Å²) in [6, 6.07) is 9.00. The fourth-order valence-corrected chi connectivity index (χ4v) is 2.17. The zero-order valence-electron chi connectivity index (χ0n) is 12.4. The second kappa shape index (κ2) is 7.02. The summed E-state index contributed by atoms with van der Waals surface area (Å²) in [6.07, 6.45) is 0. The third kappa shape index (κ3) is 3.73. The molecule has 0 fully saturated rings. The van der Waals surface area contributed by atoms with Crippen LogP contribution in [0, 0.1) is 0 Å². The Bertz CT molecular complexity index is 760. The molecule has 0 aliphatic heterocycles. The highest BCUT2D eigenvalue weighted by molar-refractivity contribution is 6.31. The Hall–Kier alpha value is -2.73. The molecular formula is C16H14ClNO5. The minimum absolute atomic E-state index is 0.0973. The predicted molar refractivity (Wildman–Crippen MR) is 85.9 cm³/mol. The van der Waals surface area contributed by atoms with Crippen molar-refractivity contribution in [3.8, 4) is 11.5 Å². The second-order valence-electron chi connectivity index (χ2n) is 4.52. The molecule has 0 spiro atoms. The Morgan fingerprint density at radius 3 is 2.30 bits per heavy atom. The van der Waals surface area contributed by atoms with Crippen molar-refractivity contribution in [2.24, 2.45) is 0 Å². The van der Waals surface area contributed by atoms with Gasteiger partial charge in [0.1, 0.15) is 0 Å². The molecule has 0 radical (unpaired) electrons. The number of carboxylic acids is 1. The molecule has 7 heteroatoms. The summed E-state index contributed by atoms with van der Waals surface area (Å²) in [7, 11) is 2.81. The molecule has 6 nitrogen and oxygen atoms in total. The lowest BCUT2D eigenvalue weighted by Gasteiger charge is -2.13. The van der Waals surface area contributed by atoms with E-state index in [1.54, 1.807) is 18.2 Å². The monoisotopic (exact) mass is 335 g/mol. The van der Waals surface area contributed by atoms with Gasteiger partial charge in [-0.3, -0.25) is 4.79 Å². The zero-order valence-corrected chi connectivity index (χ0v) is 13.2. The molecule has 23 heavy (non-hydrogen) atoms. The quantitative estimate of drug-likeness (QED) is 0.875. The van der Waals surface area contributed by atoms with E-state index in [2.05, 4.69) is 5.32 Å². The van der Waals surface area contributed by atoms with E-state index in [9.17, 15) is 14.7 Å². The number of benzene rings is 2. The molecule has 0 atom stereocenters. The van der Waals surface area contributed by atoms with Crippen molar-refractivity contribution in [3.63, 3.8) is 0 Å². The van der Waals surface area contributed by atoms with Crippen molar-refractivity contribution >= 4 is 29.2 Å². The van der Waals surface area contributed by atoms with Crippen LogP contribution in [0.5, 0.6) is 11.5 Å². The Morgan fingerprint density at radius 2 is 1.74 bits per heavy atom. The molecule has 2 N–H and O–H groups in total. The van der Waals surface area contributed by atoms with Crippen LogP contribution in [0.25, 0.3) is 0 Å². The fraction of sp³-hybridized carbons (Fsp3) is 0.125. The van der Waals surface area contributed by atoms with Crippen LogP contribution in [0.2, 0.25) is 5.02 Å². The van der Waals surface area contributed by atoms with E-state index in [0.29, 0.717) is 16.3 Å². The van der Waals surface area contributed by atoms with Crippen LogP contribution < -0.4 is 14.8 Å². The maximum atomic E-state index is 12.3. The molecule has 2 aromatic rings. The van der Waals surface area contributed by atoms with Gasteiger partial charge in [-0.25, -0.2) is 4.79 Å². The Balaban J connectivity index is 2.41. The molecule has 0 saturated carbocycles. The smallest absolute Gasteiger partial charge is 0.337 e. The highest BCUT2D eigenvalue weighted by atomic mass is 35.5. The summed E-state index contributed by atoms with van der Waals surface area (Å²) in [6.45, 7) is 0. The van der Waals surface area contributed by atoms with Gasteiger partial charge in [-0.15, -0.1) is 0 Å². The SMILES string of the molecule is COc1cc(NC(=O)c2cccc(Cl)c2)c(C(=O)O)cc1OC. The Morgan fingerprint density at radius 1 is 1.09 bits per heavy atom. The third-order valence-electron chi connectivity index (χ3n) is 3.09. The topological polar surface area (TPSA) is 84.9 Å². The number of halogens is 1. The van der Waals surface area contributed by atoms with Gasteiger partial charge >= 0.3 is 5.97 Å². The molecule has 2 aromatic carbocycles. The number of ether oxygens (including phenoxy) is 2. The van der Waals surface area contributed by atoms with Crippen molar-refractivity contribution in [2.45, 2.75) is 0 Å². The van der Waals surface area contributed by atoms with Crippen molar-refractivity contribution in [1.29, 1.82) is 0 Å². The third-order valence-corrected chi connectivity index (χ3v) is 3.32. The standard InChI is InChI=1S/C16H14ClNO5/c1-22-13-7-11(16(20)21)12(8-14(13)23-2)18-15(19)9-4-3-5-10(17)6-9/h3-8H,1-2H3,(H,18,19)(H,20,21). The van der Waals surface area contributed by atoms with Crippen molar-refractivity contribution in [1.82, 2.24) is 0 Å². The van der Waals surface area contributed by atoms with Crippen LogP contribution in [0.3, 0.4) is 0 Å². The van der Waals surface area contributed by atoms with Crippen molar-refractivity contribution in [3.05, 3.63) is 52.5 Å². The summed E-state index contributed by atoms with van der Waals surface area (Å²) >= 11 is 5.85. The number of hydrogen-bond acceptors (Lipinski definition) is 4. The molecule has 0 heterocycles. The van der Waals surface area contributed by atoms with E-state index in [1.165, 1.54) is 32.4 Å². The average molecular weight is 336 g/mol. The maximum Gasteiger partial charge on any atom is 0.337 e. The van der Waals surface area contributed by atoms with Crippen molar-refractivity contribution in [2.75, 3.05) is 19.5 Å². The van der Waals surface area contributed by atoms with Crippen LogP contribution in [0.15, 0.2) is 36.4 Å². The second-order valence-corrected chi connectivity index (χ2v) is 4.96.